The van der Waals surface area contributed by atoms with E-state index >= 15 is 0 Å². The first-order valence-electron chi connectivity index (χ1n) is 23.0. The summed E-state index contributed by atoms with van der Waals surface area (Å²) in [6, 6.07) is -0.836. The van der Waals surface area contributed by atoms with Gasteiger partial charge in [-0.25, -0.2) is 0 Å². The number of esters is 1. The average molecular weight is 785 g/mol. The van der Waals surface area contributed by atoms with E-state index < -0.39 is 18.2 Å². The van der Waals surface area contributed by atoms with Crippen molar-refractivity contribution in [1.29, 1.82) is 0 Å². The Morgan fingerprint density at radius 2 is 1.02 bits per heavy atom. The van der Waals surface area contributed by atoms with Gasteiger partial charge in [-0.2, -0.15) is 0 Å². The number of aliphatic hydroxyl groups is 2. The number of ketones is 1. The summed E-state index contributed by atoms with van der Waals surface area (Å²) in [5, 5.41) is 22.4. The molecule has 1 heterocycles. The molecule has 1 saturated heterocycles. The number of ether oxygens (including phenoxy) is 1. The molecule has 1 aliphatic rings. The van der Waals surface area contributed by atoms with Gasteiger partial charge in [0.15, 0.2) is 5.78 Å². The third-order valence-corrected chi connectivity index (χ3v) is 10.6. The number of unbranched alkanes of at least 4 members (excludes halogenated alkanes) is 18. The van der Waals surface area contributed by atoms with Crippen LogP contribution in [0.25, 0.3) is 0 Å². The predicted octanol–water partition coefficient (Wildman–Crippen LogP) is 10.8. The molecule has 0 aliphatic carbocycles. The van der Waals surface area contributed by atoms with E-state index in [4.69, 9.17) is 4.74 Å². The predicted molar refractivity (Wildman–Crippen MR) is 234 cm³/mol. The second kappa shape index (κ2) is 38.0. The highest BCUT2D eigenvalue weighted by Crippen LogP contribution is 2.14. The maximum absolute atomic E-state index is 13.2. The molecule has 0 aromatic heterocycles. The minimum Gasteiger partial charge on any atom is -0.463 e. The van der Waals surface area contributed by atoms with Crippen LogP contribution in [0.1, 0.15) is 194 Å². The van der Waals surface area contributed by atoms with Crippen LogP contribution in [0.2, 0.25) is 0 Å². The van der Waals surface area contributed by atoms with Gasteiger partial charge in [-0.3, -0.25) is 19.3 Å². The molecule has 322 valence electrons. The van der Waals surface area contributed by atoms with Crippen molar-refractivity contribution < 1.29 is 29.3 Å². The summed E-state index contributed by atoms with van der Waals surface area (Å²) in [6.07, 6.45) is 45.3. The zero-order valence-corrected chi connectivity index (χ0v) is 36.0. The van der Waals surface area contributed by atoms with Crippen LogP contribution in [0.4, 0.5) is 0 Å². The summed E-state index contributed by atoms with van der Waals surface area (Å²) in [5.41, 5.74) is 0. The Morgan fingerprint density at radius 1 is 0.571 bits per heavy atom. The van der Waals surface area contributed by atoms with Gasteiger partial charge < -0.3 is 20.3 Å². The van der Waals surface area contributed by atoms with Crippen LogP contribution >= 0.6 is 0 Å². The van der Waals surface area contributed by atoms with Crippen molar-refractivity contribution in [2.45, 2.75) is 212 Å². The van der Waals surface area contributed by atoms with Gasteiger partial charge in [0, 0.05) is 32.4 Å². The normalized spacial score (nSPS) is 16.9. The van der Waals surface area contributed by atoms with Gasteiger partial charge in [-0.1, -0.05) is 146 Å². The zero-order chi connectivity index (χ0) is 40.7. The number of aliphatic hydroxyl groups excluding tert-OH is 2. The minimum atomic E-state index is -0.836. The highest BCUT2D eigenvalue weighted by molar-refractivity contribution is 5.89. The molecule has 3 atom stereocenters. The lowest BCUT2D eigenvalue weighted by atomic mass is 10.0. The summed E-state index contributed by atoms with van der Waals surface area (Å²) >= 11 is 0. The van der Waals surface area contributed by atoms with Crippen molar-refractivity contribution in [1.82, 2.24) is 10.2 Å². The first-order chi connectivity index (χ1) is 27.4. The lowest BCUT2D eigenvalue weighted by Gasteiger charge is -2.19. The maximum Gasteiger partial charge on any atom is 0.305 e. The smallest absolute Gasteiger partial charge is 0.305 e. The fourth-order valence-electron chi connectivity index (χ4n) is 6.93. The first-order valence-corrected chi connectivity index (χ1v) is 23.0. The molecule has 1 amide bonds. The highest BCUT2D eigenvalue weighted by atomic mass is 16.5. The minimum absolute atomic E-state index is 0.0854. The van der Waals surface area contributed by atoms with E-state index in [-0.39, 0.29) is 30.7 Å². The maximum atomic E-state index is 13.2. The summed E-state index contributed by atoms with van der Waals surface area (Å²) in [4.78, 5) is 40.6. The lowest BCUT2D eigenvalue weighted by Crippen LogP contribution is -2.44. The Morgan fingerprint density at radius 3 is 1.54 bits per heavy atom. The van der Waals surface area contributed by atoms with E-state index in [1.165, 1.54) is 77.0 Å². The number of carbonyl (C=O) groups excluding carboxylic acids is 3. The molecule has 3 N–H and O–H groups in total. The van der Waals surface area contributed by atoms with Crippen LogP contribution in [0.5, 0.6) is 0 Å². The van der Waals surface area contributed by atoms with Crippen molar-refractivity contribution in [3.05, 3.63) is 48.6 Å². The number of allylic oxidation sites excluding steroid dienone is 8. The quantitative estimate of drug-likeness (QED) is 0.0324. The third kappa shape index (κ3) is 31.5. The standard InChI is InChI=1S/C48H84N2O6/c1-3-5-7-9-11-13-15-17-19-20-22-23-25-27-29-31-33-36-44(51)43(49-47(54)37-35-39-50-40-45(52)46(53)41-50)42-56-48(55)38-34-32-30-28-26-24-21-18-16-14-12-10-8-6-4-2/h10-13,16-19,43,45-46,52-53H,3-9,14-15,20-42H2,1-2H3,(H,49,54)/b12-10-,13-11-,18-16-,19-17-. The van der Waals surface area contributed by atoms with E-state index in [2.05, 4.69) is 67.8 Å². The highest BCUT2D eigenvalue weighted by Gasteiger charge is 2.29. The van der Waals surface area contributed by atoms with E-state index in [9.17, 15) is 24.6 Å². The molecule has 0 spiro atoms. The van der Waals surface area contributed by atoms with Gasteiger partial charge in [0.05, 0.1) is 12.2 Å². The number of nitrogens with one attached hydrogen (secondary N) is 1. The van der Waals surface area contributed by atoms with Crippen LogP contribution in [0.15, 0.2) is 48.6 Å². The van der Waals surface area contributed by atoms with Crippen molar-refractivity contribution in [3.63, 3.8) is 0 Å². The second-order valence-corrected chi connectivity index (χ2v) is 15.9. The second-order valence-electron chi connectivity index (χ2n) is 15.9. The van der Waals surface area contributed by atoms with Crippen molar-refractivity contribution in [3.8, 4) is 0 Å². The number of hydrogen-bond donors (Lipinski definition) is 3. The molecule has 0 aromatic rings. The molecule has 0 radical (unpaired) electrons. The zero-order valence-electron chi connectivity index (χ0n) is 36.0. The fraction of sp³-hybridized carbons (Fsp3) is 0.771. The monoisotopic (exact) mass is 785 g/mol. The molecule has 8 nitrogen and oxygen atoms in total. The Kier molecular flexibility index (Phi) is 34.9. The van der Waals surface area contributed by atoms with E-state index in [1.807, 2.05) is 4.90 Å². The van der Waals surface area contributed by atoms with E-state index in [1.54, 1.807) is 0 Å². The van der Waals surface area contributed by atoms with Gasteiger partial charge in [0.25, 0.3) is 0 Å². The van der Waals surface area contributed by atoms with Gasteiger partial charge in [-0.05, 0) is 83.6 Å². The summed E-state index contributed by atoms with van der Waals surface area (Å²) in [6.45, 7) is 5.70. The summed E-state index contributed by atoms with van der Waals surface area (Å²) < 4.78 is 5.53. The summed E-state index contributed by atoms with van der Waals surface area (Å²) in [7, 11) is 0. The fourth-order valence-corrected chi connectivity index (χ4v) is 6.93. The Hall–Kier alpha value is -2.55. The SMILES string of the molecule is CCCC/C=C\C/C=C\CCCCCCCCC(=O)OCC(NC(=O)CCCN1CC(O)C(O)C1)C(=O)CCCCCCCCC/C=C\C/C=C\CCCCC. The van der Waals surface area contributed by atoms with Crippen LogP contribution in [0.3, 0.4) is 0 Å². The van der Waals surface area contributed by atoms with Crippen LogP contribution < -0.4 is 5.32 Å². The number of likely N-dealkylation sites (tertiary alicyclic amines) is 1. The molecule has 1 rings (SSSR count). The van der Waals surface area contributed by atoms with Gasteiger partial charge in [-0.15, -0.1) is 0 Å². The molecule has 0 aromatic carbocycles. The number of nitrogens with zero attached hydrogens (tertiary/aromatic N) is 1. The summed E-state index contributed by atoms with van der Waals surface area (Å²) in [5.74, 6) is -0.650. The molecule has 1 fully saturated rings. The molecule has 3 unspecified atom stereocenters. The Labute approximate surface area is 343 Å². The number of Topliss-reactive ketones (excluding diaryl/α,β-unsaturated/α-hetero) is 1. The van der Waals surface area contributed by atoms with E-state index in [0.29, 0.717) is 38.9 Å². The van der Waals surface area contributed by atoms with Gasteiger partial charge in [0.1, 0.15) is 12.6 Å². The molecule has 0 saturated carbocycles. The molecular weight excluding hydrogens is 701 g/mol. The van der Waals surface area contributed by atoms with Gasteiger partial charge in [0.2, 0.25) is 5.91 Å². The Balaban J connectivity index is 2.29. The number of amides is 1. The van der Waals surface area contributed by atoms with Crippen molar-refractivity contribution >= 4 is 17.7 Å². The molecule has 56 heavy (non-hydrogen) atoms. The van der Waals surface area contributed by atoms with E-state index in [0.717, 1.165) is 77.0 Å². The van der Waals surface area contributed by atoms with Crippen molar-refractivity contribution in [2.24, 2.45) is 0 Å². The lowest BCUT2D eigenvalue weighted by molar-refractivity contribution is -0.146. The van der Waals surface area contributed by atoms with Crippen LogP contribution in [0, 0.1) is 0 Å². The van der Waals surface area contributed by atoms with Crippen molar-refractivity contribution in [2.75, 3.05) is 26.2 Å². The third-order valence-electron chi connectivity index (χ3n) is 10.6. The van der Waals surface area contributed by atoms with Crippen LogP contribution in [-0.2, 0) is 19.1 Å². The Bertz CT molecular complexity index is 1080. The van der Waals surface area contributed by atoms with Gasteiger partial charge >= 0.3 is 5.97 Å². The average Bonchev–Trinajstić information content (AvgIpc) is 3.51. The molecule has 8 heteroatoms. The number of carbonyl (C=O) groups is 3. The largest absolute Gasteiger partial charge is 0.463 e. The molecular formula is C48H84N2O6. The molecule has 0 bridgehead atoms. The van der Waals surface area contributed by atoms with Crippen LogP contribution in [-0.4, -0.2) is 77.3 Å². The topological polar surface area (TPSA) is 116 Å². The molecule has 1 aliphatic heterocycles. The number of β-amino-alcohol motifs (C(OH)–C–C–N with tert-alkyl or cyclic N) is 2. The number of hydrogen-bond acceptors (Lipinski definition) is 7. The number of rotatable bonds is 38. The first kappa shape index (κ1) is 51.5.